The van der Waals surface area contributed by atoms with Crippen molar-refractivity contribution in [3.05, 3.63) is 65.7 Å². The Balaban J connectivity index is 1.79. The van der Waals surface area contributed by atoms with Crippen molar-refractivity contribution in [2.24, 2.45) is 5.73 Å². The van der Waals surface area contributed by atoms with E-state index in [4.69, 9.17) is 10.5 Å². The quantitative estimate of drug-likeness (QED) is 0.787. The van der Waals surface area contributed by atoms with E-state index in [1.807, 2.05) is 61.5 Å². The van der Waals surface area contributed by atoms with Crippen molar-refractivity contribution in [3.63, 3.8) is 0 Å². The predicted octanol–water partition coefficient (Wildman–Crippen LogP) is 3.01. The van der Waals surface area contributed by atoms with Gasteiger partial charge in [0.25, 0.3) is 0 Å². The number of hydrogen-bond acceptors (Lipinski definition) is 3. The standard InChI is InChI=1S/C19H24N2O2/c1-2-6-18(20)19(22)21-13-15-9-11-17(12-10-15)23-14-16-7-4-3-5-8-16/h3-5,7-12,18H,2,6,13-14,20H2,1H3,(H,21,22). The van der Waals surface area contributed by atoms with Gasteiger partial charge < -0.3 is 15.8 Å². The van der Waals surface area contributed by atoms with Gasteiger partial charge >= 0.3 is 0 Å². The van der Waals surface area contributed by atoms with Crippen LogP contribution in [0.3, 0.4) is 0 Å². The van der Waals surface area contributed by atoms with Gasteiger partial charge in [-0.15, -0.1) is 0 Å². The SMILES string of the molecule is CCCC(N)C(=O)NCc1ccc(OCc2ccccc2)cc1. The van der Waals surface area contributed by atoms with Gasteiger partial charge in [0.2, 0.25) is 5.91 Å². The molecule has 0 aromatic heterocycles. The van der Waals surface area contributed by atoms with Crippen molar-refractivity contribution >= 4 is 5.91 Å². The summed E-state index contributed by atoms with van der Waals surface area (Å²) < 4.78 is 5.74. The first-order chi connectivity index (χ1) is 11.2. The van der Waals surface area contributed by atoms with Crippen molar-refractivity contribution in [1.82, 2.24) is 5.32 Å². The molecule has 4 nitrogen and oxygen atoms in total. The predicted molar refractivity (Wildman–Crippen MR) is 91.9 cm³/mol. The third kappa shape index (κ3) is 5.75. The van der Waals surface area contributed by atoms with Crippen LogP contribution in [0, 0.1) is 0 Å². The Morgan fingerprint density at radius 2 is 1.78 bits per heavy atom. The Morgan fingerprint density at radius 3 is 2.43 bits per heavy atom. The second-order valence-electron chi connectivity index (χ2n) is 5.53. The molecule has 0 radical (unpaired) electrons. The van der Waals surface area contributed by atoms with Crippen LogP contribution < -0.4 is 15.8 Å². The lowest BCUT2D eigenvalue weighted by Gasteiger charge is -2.11. The van der Waals surface area contributed by atoms with Crippen molar-refractivity contribution < 1.29 is 9.53 Å². The second-order valence-corrected chi connectivity index (χ2v) is 5.53. The van der Waals surface area contributed by atoms with Crippen LogP contribution in [0.1, 0.15) is 30.9 Å². The first-order valence-electron chi connectivity index (χ1n) is 7.98. The molecule has 0 saturated carbocycles. The fourth-order valence-electron chi connectivity index (χ4n) is 2.21. The van der Waals surface area contributed by atoms with Crippen LogP contribution in [0.4, 0.5) is 0 Å². The number of hydrogen-bond donors (Lipinski definition) is 2. The highest BCUT2D eigenvalue weighted by Gasteiger charge is 2.11. The minimum absolute atomic E-state index is 0.101. The minimum atomic E-state index is -0.423. The van der Waals surface area contributed by atoms with E-state index in [2.05, 4.69) is 5.32 Å². The smallest absolute Gasteiger partial charge is 0.237 e. The summed E-state index contributed by atoms with van der Waals surface area (Å²) in [5.41, 5.74) is 7.93. The summed E-state index contributed by atoms with van der Waals surface area (Å²) in [7, 11) is 0. The molecule has 1 atom stereocenters. The van der Waals surface area contributed by atoms with Crippen LogP contribution >= 0.6 is 0 Å². The van der Waals surface area contributed by atoms with Gasteiger partial charge in [-0.1, -0.05) is 55.8 Å². The van der Waals surface area contributed by atoms with Gasteiger partial charge in [-0.2, -0.15) is 0 Å². The molecule has 0 aliphatic carbocycles. The molecule has 1 amide bonds. The van der Waals surface area contributed by atoms with E-state index in [0.717, 1.165) is 23.3 Å². The largest absolute Gasteiger partial charge is 0.489 e. The number of amides is 1. The molecule has 4 heteroatoms. The summed E-state index contributed by atoms with van der Waals surface area (Å²) in [4.78, 5) is 11.8. The van der Waals surface area contributed by atoms with Crippen molar-refractivity contribution in [1.29, 1.82) is 0 Å². The van der Waals surface area contributed by atoms with Gasteiger partial charge in [0.05, 0.1) is 6.04 Å². The maximum atomic E-state index is 11.8. The Morgan fingerprint density at radius 1 is 1.09 bits per heavy atom. The molecule has 1 unspecified atom stereocenters. The normalized spacial score (nSPS) is 11.7. The Hall–Kier alpha value is -2.33. The van der Waals surface area contributed by atoms with Crippen molar-refractivity contribution in [2.45, 2.75) is 39.0 Å². The zero-order valence-electron chi connectivity index (χ0n) is 13.5. The van der Waals surface area contributed by atoms with Crippen LogP contribution in [0.2, 0.25) is 0 Å². The molecule has 0 aliphatic heterocycles. The molecular weight excluding hydrogens is 288 g/mol. The molecule has 0 bridgehead atoms. The van der Waals surface area contributed by atoms with E-state index in [1.54, 1.807) is 0 Å². The number of carbonyl (C=O) groups is 1. The molecule has 2 aromatic rings. The van der Waals surface area contributed by atoms with Crippen LogP contribution in [0.5, 0.6) is 5.75 Å². The zero-order valence-corrected chi connectivity index (χ0v) is 13.5. The van der Waals surface area contributed by atoms with E-state index in [-0.39, 0.29) is 5.91 Å². The molecular formula is C19H24N2O2. The molecule has 23 heavy (non-hydrogen) atoms. The third-order valence-electron chi connectivity index (χ3n) is 3.57. The minimum Gasteiger partial charge on any atom is -0.489 e. The second kappa shape index (κ2) is 8.96. The molecule has 3 N–H and O–H groups in total. The van der Waals surface area contributed by atoms with Gasteiger partial charge in [0, 0.05) is 6.54 Å². The van der Waals surface area contributed by atoms with E-state index in [1.165, 1.54) is 0 Å². The van der Waals surface area contributed by atoms with Crippen molar-refractivity contribution in [3.8, 4) is 5.75 Å². The number of nitrogens with one attached hydrogen (secondary N) is 1. The Kier molecular flexibility index (Phi) is 6.63. The van der Waals surface area contributed by atoms with Crippen molar-refractivity contribution in [2.75, 3.05) is 0 Å². The van der Waals surface area contributed by atoms with Gasteiger partial charge in [-0.3, -0.25) is 4.79 Å². The first kappa shape index (κ1) is 17.0. The molecule has 0 spiro atoms. The number of nitrogens with two attached hydrogens (primary N) is 1. The maximum absolute atomic E-state index is 11.8. The van der Waals surface area contributed by atoms with Crippen LogP contribution in [0.25, 0.3) is 0 Å². The monoisotopic (exact) mass is 312 g/mol. The molecule has 2 aromatic carbocycles. The number of ether oxygens (including phenoxy) is 1. The molecule has 2 rings (SSSR count). The van der Waals surface area contributed by atoms with Crippen LogP contribution in [-0.4, -0.2) is 11.9 Å². The summed E-state index contributed by atoms with van der Waals surface area (Å²) in [6, 6.07) is 17.3. The highest BCUT2D eigenvalue weighted by atomic mass is 16.5. The maximum Gasteiger partial charge on any atom is 0.237 e. The first-order valence-corrected chi connectivity index (χ1v) is 7.98. The van der Waals surface area contributed by atoms with Crippen LogP contribution in [-0.2, 0) is 17.9 Å². The number of rotatable bonds is 8. The lowest BCUT2D eigenvalue weighted by atomic mass is 10.1. The molecule has 0 aliphatic rings. The lowest BCUT2D eigenvalue weighted by molar-refractivity contribution is -0.122. The topological polar surface area (TPSA) is 64.4 Å². The summed E-state index contributed by atoms with van der Waals surface area (Å²) in [6.07, 6.45) is 1.61. The van der Waals surface area contributed by atoms with Gasteiger partial charge in [-0.25, -0.2) is 0 Å². The number of carbonyl (C=O) groups excluding carboxylic acids is 1. The highest BCUT2D eigenvalue weighted by Crippen LogP contribution is 2.14. The van der Waals surface area contributed by atoms with Gasteiger partial charge in [-0.05, 0) is 29.7 Å². The molecule has 0 heterocycles. The van der Waals surface area contributed by atoms with E-state index < -0.39 is 6.04 Å². The van der Waals surface area contributed by atoms with E-state index >= 15 is 0 Å². The van der Waals surface area contributed by atoms with Gasteiger partial charge in [0.1, 0.15) is 12.4 Å². The lowest BCUT2D eigenvalue weighted by Crippen LogP contribution is -2.40. The summed E-state index contributed by atoms with van der Waals surface area (Å²) in [5.74, 6) is 0.711. The third-order valence-corrected chi connectivity index (χ3v) is 3.57. The molecule has 0 saturated heterocycles. The molecule has 122 valence electrons. The average Bonchev–Trinajstić information content (AvgIpc) is 2.60. The highest BCUT2D eigenvalue weighted by molar-refractivity contribution is 5.81. The van der Waals surface area contributed by atoms with Gasteiger partial charge in [0.15, 0.2) is 0 Å². The Bertz CT molecular complexity index is 597. The Labute approximate surface area is 137 Å². The number of benzene rings is 2. The summed E-state index contributed by atoms with van der Waals surface area (Å²) in [5, 5.41) is 2.86. The van der Waals surface area contributed by atoms with E-state index in [0.29, 0.717) is 19.6 Å². The average molecular weight is 312 g/mol. The zero-order chi connectivity index (χ0) is 16.5. The fraction of sp³-hybridized carbons (Fsp3) is 0.316. The molecule has 0 fully saturated rings. The van der Waals surface area contributed by atoms with Crippen LogP contribution in [0.15, 0.2) is 54.6 Å². The van der Waals surface area contributed by atoms with E-state index in [9.17, 15) is 4.79 Å². The fourth-order valence-corrected chi connectivity index (χ4v) is 2.21. The summed E-state index contributed by atoms with van der Waals surface area (Å²) in [6.45, 7) is 3.04. The summed E-state index contributed by atoms with van der Waals surface area (Å²) >= 11 is 0.